The van der Waals surface area contributed by atoms with Gasteiger partial charge in [0.1, 0.15) is 0 Å². The Labute approximate surface area is 144 Å². The highest BCUT2D eigenvalue weighted by Gasteiger charge is 2.10. The molecule has 0 spiro atoms. The van der Waals surface area contributed by atoms with Crippen LogP contribution in [0.5, 0.6) is 0 Å². The van der Waals surface area contributed by atoms with Crippen molar-refractivity contribution < 1.29 is 9.90 Å². The van der Waals surface area contributed by atoms with Crippen molar-refractivity contribution in [2.24, 2.45) is 0 Å². The van der Waals surface area contributed by atoms with Crippen molar-refractivity contribution >= 4 is 11.6 Å². The Bertz CT molecular complexity index is 641. The van der Waals surface area contributed by atoms with E-state index < -0.39 is 0 Å². The van der Waals surface area contributed by atoms with Gasteiger partial charge < -0.3 is 10.4 Å². The van der Waals surface area contributed by atoms with Crippen molar-refractivity contribution in [2.45, 2.75) is 25.9 Å². The molecule has 0 saturated heterocycles. The minimum Gasteiger partial charge on any atom is -0.393 e. The van der Waals surface area contributed by atoms with Crippen LogP contribution in [0.1, 0.15) is 24.5 Å². The Hall–Kier alpha value is -2.17. The number of carbonyl (C=O) groups excluding carboxylic acids is 1. The average Bonchev–Trinajstić information content (AvgIpc) is 2.55. The van der Waals surface area contributed by atoms with E-state index in [0.717, 1.165) is 17.7 Å². The van der Waals surface area contributed by atoms with E-state index in [-0.39, 0.29) is 12.0 Å². The number of hydrogen-bond acceptors (Lipinski definition) is 3. The van der Waals surface area contributed by atoms with Crippen LogP contribution in [0.4, 0.5) is 5.69 Å². The summed E-state index contributed by atoms with van der Waals surface area (Å²) in [5, 5.41) is 12.3. The van der Waals surface area contributed by atoms with Crippen LogP contribution in [0, 0.1) is 0 Å². The summed E-state index contributed by atoms with van der Waals surface area (Å²) in [5.74, 6) is -0.0383. The molecule has 0 aromatic heterocycles. The molecule has 4 nitrogen and oxygen atoms in total. The molecule has 24 heavy (non-hydrogen) atoms. The van der Waals surface area contributed by atoms with Crippen LogP contribution in [0.3, 0.4) is 0 Å². The molecule has 0 aliphatic rings. The maximum Gasteiger partial charge on any atom is 0.238 e. The number of aliphatic hydroxyl groups is 1. The Balaban J connectivity index is 1.95. The first-order chi connectivity index (χ1) is 11.5. The van der Waals surface area contributed by atoms with Gasteiger partial charge in [0.15, 0.2) is 0 Å². The van der Waals surface area contributed by atoms with Gasteiger partial charge in [-0.1, -0.05) is 48.5 Å². The van der Waals surface area contributed by atoms with Crippen molar-refractivity contribution in [3.8, 4) is 0 Å². The Morgan fingerprint density at radius 2 is 1.79 bits per heavy atom. The van der Waals surface area contributed by atoms with E-state index in [4.69, 9.17) is 0 Å². The molecule has 4 heteroatoms. The molecule has 1 amide bonds. The number of amides is 1. The van der Waals surface area contributed by atoms with Crippen molar-refractivity contribution in [1.29, 1.82) is 0 Å². The second kappa shape index (κ2) is 9.21. The molecule has 0 heterocycles. The van der Waals surface area contributed by atoms with Crippen LogP contribution < -0.4 is 5.32 Å². The molecule has 2 rings (SSSR count). The highest BCUT2D eigenvalue weighted by Crippen LogP contribution is 2.19. The largest absolute Gasteiger partial charge is 0.393 e. The van der Waals surface area contributed by atoms with Gasteiger partial charge in [-0.3, -0.25) is 9.69 Å². The number of aliphatic hydroxyl groups excluding tert-OH is 1. The van der Waals surface area contributed by atoms with Gasteiger partial charge in [0.25, 0.3) is 0 Å². The first kappa shape index (κ1) is 18.2. The summed E-state index contributed by atoms with van der Waals surface area (Å²) in [6, 6.07) is 18.1. The zero-order valence-electron chi connectivity index (χ0n) is 14.4. The second-order valence-corrected chi connectivity index (χ2v) is 6.24. The van der Waals surface area contributed by atoms with Crippen LogP contribution in [0.15, 0.2) is 54.6 Å². The lowest BCUT2D eigenvalue weighted by Gasteiger charge is -2.18. The zero-order chi connectivity index (χ0) is 17.4. The molecule has 2 aromatic rings. The van der Waals surface area contributed by atoms with Gasteiger partial charge in [-0.05, 0) is 44.0 Å². The number of nitrogens with zero attached hydrogens (tertiary/aromatic N) is 1. The Kier molecular flexibility index (Phi) is 6.97. The summed E-state index contributed by atoms with van der Waals surface area (Å²) >= 11 is 0. The minimum absolute atomic E-state index is 0.0383. The van der Waals surface area contributed by atoms with Crippen LogP contribution >= 0.6 is 0 Å². The van der Waals surface area contributed by atoms with E-state index in [1.807, 2.05) is 54.4 Å². The number of likely N-dealkylation sites (N-methyl/N-ethyl adjacent to an activating group) is 1. The highest BCUT2D eigenvalue weighted by molar-refractivity contribution is 5.93. The quantitative estimate of drug-likeness (QED) is 0.784. The molecule has 0 fully saturated rings. The first-order valence-electron chi connectivity index (χ1n) is 8.33. The third kappa shape index (κ3) is 6.14. The number of benzene rings is 2. The number of nitrogens with one attached hydrogen (secondary N) is 1. The van der Waals surface area contributed by atoms with E-state index in [1.165, 1.54) is 5.56 Å². The van der Waals surface area contributed by atoms with Gasteiger partial charge in [0, 0.05) is 12.2 Å². The van der Waals surface area contributed by atoms with Gasteiger partial charge in [0.05, 0.1) is 12.6 Å². The predicted molar refractivity (Wildman–Crippen MR) is 98.1 cm³/mol. The molecular weight excluding hydrogens is 300 g/mol. The second-order valence-electron chi connectivity index (χ2n) is 6.24. The van der Waals surface area contributed by atoms with E-state index in [9.17, 15) is 9.90 Å². The lowest BCUT2D eigenvalue weighted by atomic mass is 10.0. The lowest BCUT2D eigenvalue weighted by Crippen LogP contribution is -2.32. The fourth-order valence-corrected chi connectivity index (χ4v) is 2.53. The van der Waals surface area contributed by atoms with E-state index >= 15 is 0 Å². The number of para-hydroxylation sites is 1. The lowest BCUT2D eigenvalue weighted by molar-refractivity contribution is -0.117. The molecule has 0 saturated carbocycles. The number of rotatable bonds is 8. The molecule has 2 aromatic carbocycles. The molecule has 1 unspecified atom stereocenters. The maximum absolute atomic E-state index is 12.3. The summed E-state index contributed by atoms with van der Waals surface area (Å²) in [5.41, 5.74) is 3.17. The zero-order valence-corrected chi connectivity index (χ0v) is 14.4. The van der Waals surface area contributed by atoms with Crippen LogP contribution in [-0.2, 0) is 11.2 Å². The molecule has 0 aliphatic carbocycles. The van der Waals surface area contributed by atoms with Crippen LogP contribution in [0.25, 0.3) is 0 Å². The third-order valence-corrected chi connectivity index (χ3v) is 3.87. The van der Waals surface area contributed by atoms with Gasteiger partial charge >= 0.3 is 0 Å². The third-order valence-electron chi connectivity index (χ3n) is 3.87. The van der Waals surface area contributed by atoms with Crippen LogP contribution in [-0.4, -0.2) is 42.2 Å². The molecule has 0 aliphatic heterocycles. The summed E-state index contributed by atoms with van der Waals surface area (Å²) < 4.78 is 0. The van der Waals surface area contributed by atoms with Crippen molar-refractivity contribution in [2.75, 3.05) is 25.5 Å². The Morgan fingerprint density at radius 3 is 2.50 bits per heavy atom. The highest BCUT2D eigenvalue weighted by atomic mass is 16.3. The topological polar surface area (TPSA) is 52.6 Å². The standard InChI is InChI=1S/C20H26N2O2/c1-16(23)12-13-22(2)15-20(24)21-19-11-7-6-10-18(19)14-17-8-4-3-5-9-17/h3-11,16,23H,12-15H2,1-2H3,(H,21,24). The molecule has 0 radical (unpaired) electrons. The summed E-state index contributed by atoms with van der Waals surface area (Å²) in [4.78, 5) is 14.2. The fourth-order valence-electron chi connectivity index (χ4n) is 2.53. The Morgan fingerprint density at radius 1 is 1.12 bits per heavy atom. The van der Waals surface area contributed by atoms with Gasteiger partial charge in [-0.25, -0.2) is 0 Å². The monoisotopic (exact) mass is 326 g/mol. The van der Waals surface area contributed by atoms with E-state index in [2.05, 4.69) is 17.4 Å². The molecule has 0 bridgehead atoms. The van der Waals surface area contributed by atoms with Crippen molar-refractivity contribution in [3.63, 3.8) is 0 Å². The number of anilines is 1. The first-order valence-corrected chi connectivity index (χ1v) is 8.33. The number of hydrogen-bond donors (Lipinski definition) is 2. The molecule has 128 valence electrons. The van der Waals surface area contributed by atoms with Crippen molar-refractivity contribution in [3.05, 3.63) is 65.7 Å². The smallest absolute Gasteiger partial charge is 0.238 e. The molecular formula is C20H26N2O2. The predicted octanol–water partition coefficient (Wildman–Crippen LogP) is 2.92. The van der Waals surface area contributed by atoms with Gasteiger partial charge in [-0.2, -0.15) is 0 Å². The van der Waals surface area contributed by atoms with Gasteiger partial charge in [-0.15, -0.1) is 0 Å². The van der Waals surface area contributed by atoms with E-state index in [0.29, 0.717) is 19.5 Å². The van der Waals surface area contributed by atoms with Crippen LogP contribution in [0.2, 0.25) is 0 Å². The van der Waals surface area contributed by atoms with Gasteiger partial charge in [0.2, 0.25) is 5.91 Å². The summed E-state index contributed by atoms with van der Waals surface area (Å²) in [6.45, 7) is 2.76. The summed E-state index contributed by atoms with van der Waals surface area (Å²) in [6.07, 6.45) is 1.10. The fraction of sp³-hybridized carbons (Fsp3) is 0.350. The minimum atomic E-state index is -0.345. The normalized spacial score (nSPS) is 12.2. The van der Waals surface area contributed by atoms with Crippen molar-refractivity contribution in [1.82, 2.24) is 4.90 Å². The maximum atomic E-state index is 12.3. The van der Waals surface area contributed by atoms with E-state index in [1.54, 1.807) is 6.92 Å². The average molecular weight is 326 g/mol. The SMILES string of the molecule is CC(O)CCN(C)CC(=O)Nc1ccccc1Cc1ccccc1. The summed E-state index contributed by atoms with van der Waals surface area (Å²) in [7, 11) is 1.89. The molecule has 2 N–H and O–H groups in total. The molecule has 1 atom stereocenters. The number of carbonyl (C=O) groups is 1.